The number of anilines is 1. The first-order valence-electron chi connectivity index (χ1n) is 6.39. The minimum absolute atomic E-state index is 0.313. The third kappa shape index (κ3) is 3.73. The van der Waals surface area contributed by atoms with E-state index in [9.17, 15) is 4.79 Å². The molecule has 0 radical (unpaired) electrons. The van der Waals surface area contributed by atoms with E-state index in [-0.39, 0.29) is 0 Å². The second-order valence-corrected chi connectivity index (χ2v) is 5.88. The first-order chi connectivity index (χ1) is 8.58. The Hall–Kier alpha value is -1.03. The molecular weight excluding hydrogens is 294 g/mol. The minimum Gasteiger partial charge on any atom is -0.478 e. The van der Waals surface area contributed by atoms with E-state index in [1.807, 2.05) is 6.07 Å². The quantitative estimate of drug-likeness (QED) is 0.830. The minimum atomic E-state index is -0.894. The number of benzene rings is 1. The monoisotopic (exact) mass is 311 g/mol. The topological polar surface area (TPSA) is 49.3 Å². The van der Waals surface area contributed by atoms with Crippen LogP contribution in [0.5, 0.6) is 0 Å². The fourth-order valence-electron chi connectivity index (χ4n) is 2.12. The molecule has 2 rings (SSSR count). The van der Waals surface area contributed by atoms with Crippen molar-refractivity contribution in [3.63, 3.8) is 0 Å². The predicted molar refractivity (Wildman–Crippen MR) is 76.1 cm³/mol. The number of hydrogen-bond donors (Lipinski definition) is 2. The van der Waals surface area contributed by atoms with Gasteiger partial charge in [0.1, 0.15) is 0 Å². The van der Waals surface area contributed by atoms with Crippen LogP contribution < -0.4 is 5.32 Å². The zero-order valence-corrected chi connectivity index (χ0v) is 12.0. The number of aromatic carboxylic acids is 1. The molecule has 18 heavy (non-hydrogen) atoms. The Morgan fingerprint density at radius 1 is 1.50 bits per heavy atom. The Bertz CT molecular complexity index is 443. The Balaban J connectivity index is 2.08. The van der Waals surface area contributed by atoms with E-state index in [4.69, 9.17) is 5.11 Å². The lowest BCUT2D eigenvalue weighted by Gasteiger charge is -2.18. The lowest BCUT2D eigenvalue weighted by atomic mass is 10.1. The summed E-state index contributed by atoms with van der Waals surface area (Å²) < 4.78 is 0.797. The highest BCUT2D eigenvalue weighted by atomic mass is 79.9. The lowest BCUT2D eigenvalue weighted by molar-refractivity contribution is 0.0697. The lowest BCUT2D eigenvalue weighted by Crippen LogP contribution is -2.19. The van der Waals surface area contributed by atoms with Crippen LogP contribution in [0.15, 0.2) is 22.7 Å². The van der Waals surface area contributed by atoms with Crippen molar-refractivity contribution in [3.8, 4) is 0 Å². The summed E-state index contributed by atoms with van der Waals surface area (Å²) >= 11 is 3.35. The van der Waals surface area contributed by atoms with Crippen molar-refractivity contribution in [1.82, 2.24) is 0 Å². The van der Waals surface area contributed by atoms with Gasteiger partial charge in [-0.05, 0) is 37.0 Å². The molecule has 1 aliphatic rings. The molecule has 0 aromatic heterocycles. The summed E-state index contributed by atoms with van der Waals surface area (Å²) in [5, 5.41) is 12.5. The van der Waals surface area contributed by atoms with Crippen LogP contribution in [0, 0.1) is 5.92 Å². The molecule has 4 heteroatoms. The van der Waals surface area contributed by atoms with Crippen molar-refractivity contribution in [2.45, 2.75) is 38.6 Å². The van der Waals surface area contributed by atoms with Gasteiger partial charge >= 0.3 is 5.97 Å². The average Bonchev–Trinajstić information content (AvgIpc) is 3.11. The van der Waals surface area contributed by atoms with Gasteiger partial charge in [0, 0.05) is 16.2 Å². The van der Waals surface area contributed by atoms with Crippen molar-refractivity contribution in [2.24, 2.45) is 5.92 Å². The zero-order valence-electron chi connectivity index (χ0n) is 10.4. The number of nitrogens with one attached hydrogen (secondary N) is 1. The summed E-state index contributed by atoms with van der Waals surface area (Å²) in [6.45, 7) is 2.16. The maximum absolute atomic E-state index is 11.0. The predicted octanol–water partition coefficient (Wildman–Crippen LogP) is 4.14. The highest BCUT2D eigenvalue weighted by molar-refractivity contribution is 9.10. The van der Waals surface area contributed by atoms with Crippen molar-refractivity contribution >= 4 is 27.6 Å². The van der Waals surface area contributed by atoms with Crippen LogP contribution >= 0.6 is 15.9 Å². The van der Waals surface area contributed by atoms with Gasteiger partial charge in [0.15, 0.2) is 0 Å². The summed E-state index contributed by atoms with van der Waals surface area (Å²) in [7, 11) is 0. The molecule has 0 amide bonds. The van der Waals surface area contributed by atoms with Crippen molar-refractivity contribution in [1.29, 1.82) is 0 Å². The number of halogens is 1. The molecule has 1 fully saturated rings. The zero-order chi connectivity index (χ0) is 13.1. The van der Waals surface area contributed by atoms with Crippen LogP contribution in [0.4, 0.5) is 5.69 Å². The van der Waals surface area contributed by atoms with Gasteiger partial charge in [-0.15, -0.1) is 0 Å². The van der Waals surface area contributed by atoms with Crippen molar-refractivity contribution in [2.75, 3.05) is 5.32 Å². The van der Waals surface area contributed by atoms with E-state index < -0.39 is 5.97 Å². The van der Waals surface area contributed by atoms with Crippen LogP contribution in [0.1, 0.15) is 43.0 Å². The van der Waals surface area contributed by atoms with Crippen LogP contribution in [0.2, 0.25) is 0 Å². The molecule has 0 saturated heterocycles. The standard InChI is InChI=1S/C14H18BrNO2/c1-2-12(5-9-3-4-9)16-13-7-10(14(17)18)6-11(15)8-13/h6-9,12,16H,2-5H2,1H3,(H,17,18). The molecule has 1 aliphatic carbocycles. The third-order valence-corrected chi connectivity index (χ3v) is 3.78. The third-order valence-electron chi connectivity index (χ3n) is 3.32. The van der Waals surface area contributed by atoms with Gasteiger partial charge in [0.25, 0.3) is 0 Å². The molecule has 0 heterocycles. The number of carboxylic acids is 1. The number of carboxylic acid groups (broad SMARTS) is 1. The molecule has 3 nitrogen and oxygen atoms in total. The molecule has 0 spiro atoms. The molecule has 1 aromatic carbocycles. The van der Waals surface area contributed by atoms with E-state index in [1.165, 1.54) is 19.3 Å². The van der Waals surface area contributed by atoms with Crippen LogP contribution in [0.25, 0.3) is 0 Å². The SMILES string of the molecule is CCC(CC1CC1)Nc1cc(Br)cc(C(=O)O)c1. The molecule has 1 atom stereocenters. The number of rotatable bonds is 6. The Labute approximate surface area is 116 Å². The van der Waals surface area contributed by atoms with Gasteiger partial charge in [-0.25, -0.2) is 4.79 Å². The second-order valence-electron chi connectivity index (χ2n) is 4.96. The first kappa shape index (κ1) is 13.4. The maximum atomic E-state index is 11.0. The highest BCUT2D eigenvalue weighted by Gasteiger charge is 2.24. The molecule has 0 aliphatic heterocycles. The largest absolute Gasteiger partial charge is 0.478 e. The van der Waals surface area contributed by atoms with Crippen LogP contribution in [-0.2, 0) is 0 Å². The van der Waals surface area contributed by atoms with E-state index in [0.29, 0.717) is 11.6 Å². The highest BCUT2D eigenvalue weighted by Crippen LogP contribution is 2.35. The van der Waals surface area contributed by atoms with Gasteiger partial charge in [-0.3, -0.25) is 0 Å². The Kier molecular flexibility index (Phi) is 4.27. The Morgan fingerprint density at radius 3 is 2.78 bits per heavy atom. The van der Waals surface area contributed by atoms with Gasteiger partial charge in [0.2, 0.25) is 0 Å². The van der Waals surface area contributed by atoms with E-state index in [2.05, 4.69) is 28.2 Å². The van der Waals surface area contributed by atoms with E-state index >= 15 is 0 Å². The van der Waals surface area contributed by atoms with Crippen molar-refractivity contribution < 1.29 is 9.90 Å². The van der Waals surface area contributed by atoms with Gasteiger partial charge in [-0.2, -0.15) is 0 Å². The molecule has 1 aromatic rings. The summed E-state index contributed by atoms with van der Waals surface area (Å²) in [6.07, 6.45) is 4.94. The summed E-state index contributed by atoms with van der Waals surface area (Å²) in [5.41, 5.74) is 1.20. The van der Waals surface area contributed by atoms with E-state index in [0.717, 1.165) is 22.5 Å². The van der Waals surface area contributed by atoms with Crippen LogP contribution in [0.3, 0.4) is 0 Å². The van der Waals surface area contributed by atoms with Gasteiger partial charge in [0.05, 0.1) is 5.56 Å². The molecule has 0 bridgehead atoms. The molecular formula is C14H18BrNO2. The summed E-state index contributed by atoms with van der Waals surface area (Å²) in [4.78, 5) is 11.0. The average molecular weight is 312 g/mol. The van der Waals surface area contributed by atoms with Crippen molar-refractivity contribution in [3.05, 3.63) is 28.2 Å². The molecule has 1 unspecified atom stereocenters. The Morgan fingerprint density at radius 2 is 2.22 bits per heavy atom. The fourth-order valence-corrected chi connectivity index (χ4v) is 2.61. The van der Waals surface area contributed by atoms with Gasteiger partial charge < -0.3 is 10.4 Å². The van der Waals surface area contributed by atoms with Gasteiger partial charge in [-0.1, -0.05) is 35.7 Å². The van der Waals surface area contributed by atoms with E-state index in [1.54, 1.807) is 12.1 Å². The molecule has 1 saturated carbocycles. The number of hydrogen-bond acceptors (Lipinski definition) is 2. The second kappa shape index (κ2) is 5.74. The van der Waals surface area contributed by atoms with Crippen LogP contribution in [-0.4, -0.2) is 17.1 Å². The first-order valence-corrected chi connectivity index (χ1v) is 7.18. The molecule has 98 valence electrons. The number of carbonyl (C=O) groups is 1. The molecule has 2 N–H and O–H groups in total. The maximum Gasteiger partial charge on any atom is 0.335 e. The smallest absolute Gasteiger partial charge is 0.335 e. The summed E-state index contributed by atoms with van der Waals surface area (Å²) in [5.74, 6) is -0.0249. The summed E-state index contributed by atoms with van der Waals surface area (Å²) in [6, 6.07) is 5.69. The normalized spacial score (nSPS) is 16.3. The fraction of sp³-hybridized carbons (Fsp3) is 0.500.